The van der Waals surface area contributed by atoms with Gasteiger partial charge >= 0.3 is 5.97 Å². The summed E-state index contributed by atoms with van der Waals surface area (Å²) in [5, 5.41) is 8.54. The Morgan fingerprint density at radius 1 is 1.36 bits per heavy atom. The highest BCUT2D eigenvalue weighted by atomic mass is 16.4. The van der Waals surface area contributed by atoms with Crippen molar-refractivity contribution in [2.24, 2.45) is 0 Å². The van der Waals surface area contributed by atoms with Gasteiger partial charge in [-0.25, -0.2) is 4.79 Å². The van der Waals surface area contributed by atoms with Crippen LogP contribution in [-0.4, -0.2) is 11.1 Å². The lowest BCUT2D eigenvalue weighted by Crippen LogP contribution is -1.95. The Kier molecular flexibility index (Phi) is 2.26. The Balaban J connectivity index is 2.91. The molecule has 1 aromatic rings. The van der Waals surface area contributed by atoms with Crippen molar-refractivity contribution in [1.82, 2.24) is 0 Å². The van der Waals surface area contributed by atoms with E-state index in [0.29, 0.717) is 5.56 Å². The molecule has 0 aromatic heterocycles. The zero-order valence-corrected chi connectivity index (χ0v) is 6.24. The van der Waals surface area contributed by atoms with Gasteiger partial charge in [-0.1, -0.05) is 19.1 Å². The molecule has 0 atom stereocenters. The molecular formula is C9H9O2. The van der Waals surface area contributed by atoms with Crippen LogP contribution in [0.15, 0.2) is 24.3 Å². The van der Waals surface area contributed by atoms with Crippen molar-refractivity contribution in [2.45, 2.75) is 6.92 Å². The molecule has 0 amide bonds. The third kappa shape index (κ3) is 1.80. The quantitative estimate of drug-likeness (QED) is 0.697. The van der Waals surface area contributed by atoms with Gasteiger partial charge in [-0.05, 0) is 24.1 Å². The summed E-state index contributed by atoms with van der Waals surface area (Å²) in [4.78, 5) is 10.4. The highest BCUT2D eigenvalue weighted by Gasteiger charge is 1.99. The number of aromatic carboxylic acids is 1. The SMILES string of the molecule is C[CH]c1ccc(C(=O)O)cc1. The smallest absolute Gasteiger partial charge is 0.335 e. The molecule has 1 radical (unpaired) electrons. The van der Waals surface area contributed by atoms with E-state index in [1.54, 1.807) is 24.3 Å². The van der Waals surface area contributed by atoms with Gasteiger partial charge in [0.05, 0.1) is 5.56 Å². The minimum atomic E-state index is -0.882. The Morgan fingerprint density at radius 2 is 1.91 bits per heavy atom. The number of carboxylic acids is 1. The van der Waals surface area contributed by atoms with Crippen molar-refractivity contribution in [3.05, 3.63) is 41.8 Å². The lowest BCUT2D eigenvalue weighted by atomic mass is 10.1. The normalized spacial score (nSPS) is 9.55. The number of hydrogen-bond acceptors (Lipinski definition) is 1. The Bertz CT molecular complexity index is 249. The van der Waals surface area contributed by atoms with Crippen LogP contribution in [0.25, 0.3) is 0 Å². The van der Waals surface area contributed by atoms with Crippen LogP contribution >= 0.6 is 0 Å². The van der Waals surface area contributed by atoms with E-state index in [9.17, 15) is 4.79 Å². The van der Waals surface area contributed by atoms with E-state index in [2.05, 4.69) is 0 Å². The lowest BCUT2D eigenvalue weighted by molar-refractivity contribution is 0.0697. The first-order valence-electron chi connectivity index (χ1n) is 3.37. The van der Waals surface area contributed by atoms with Gasteiger partial charge in [0.1, 0.15) is 0 Å². The maximum absolute atomic E-state index is 10.4. The highest BCUT2D eigenvalue weighted by molar-refractivity contribution is 5.87. The molecule has 0 spiro atoms. The van der Waals surface area contributed by atoms with Crippen LogP contribution in [0.1, 0.15) is 22.8 Å². The molecule has 57 valence electrons. The van der Waals surface area contributed by atoms with Crippen molar-refractivity contribution in [1.29, 1.82) is 0 Å². The van der Waals surface area contributed by atoms with E-state index in [1.807, 2.05) is 13.3 Å². The first-order valence-corrected chi connectivity index (χ1v) is 3.37. The van der Waals surface area contributed by atoms with Crippen molar-refractivity contribution < 1.29 is 9.90 Å². The second-order valence-corrected chi connectivity index (χ2v) is 2.22. The average Bonchev–Trinajstić information content (AvgIpc) is 2.05. The fraction of sp³-hybridized carbons (Fsp3) is 0.111. The molecule has 2 heteroatoms. The highest BCUT2D eigenvalue weighted by Crippen LogP contribution is 2.05. The van der Waals surface area contributed by atoms with Crippen LogP contribution in [0.2, 0.25) is 0 Å². The van der Waals surface area contributed by atoms with Gasteiger partial charge in [0.2, 0.25) is 0 Å². The number of carbonyl (C=O) groups is 1. The van der Waals surface area contributed by atoms with Crippen molar-refractivity contribution in [2.75, 3.05) is 0 Å². The van der Waals surface area contributed by atoms with Crippen LogP contribution < -0.4 is 0 Å². The van der Waals surface area contributed by atoms with Crippen LogP contribution in [0.3, 0.4) is 0 Å². The van der Waals surface area contributed by atoms with Crippen LogP contribution in [0, 0.1) is 6.42 Å². The van der Waals surface area contributed by atoms with E-state index in [1.165, 1.54) is 0 Å². The maximum atomic E-state index is 10.4. The first-order chi connectivity index (χ1) is 5.24. The maximum Gasteiger partial charge on any atom is 0.335 e. The van der Waals surface area contributed by atoms with Gasteiger partial charge in [-0.15, -0.1) is 0 Å². The fourth-order valence-corrected chi connectivity index (χ4v) is 0.818. The molecule has 2 nitrogen and oxygen atoms in total. The van der Waals surface area contributed by atoms with E-state index in [-0.39, 0.29) is 0 Å². The number of rotatable bonds is 2. The van der Waals surface area contributed by atoms with Crippen molar-refractivity contribution in [3.8, 4) is 0 Å². The standard InChI is InChI=1S/C9H9O2/c1-2-7-3-5-8(6-4-7)9(10)11/h2-6H,1H3,(H,10,11). The summed E-state index contributed by atoms with van der Waals surface area (Å²) in [6.45, 7) is 1.91. The lowest BCUT2D eigenvalue weighted by Gasteiger charge is -1.95. The van der Waals surface area contributed by atoms with Crippen LogP contribution in [0.4, 0.5) is 0 Å². The third-order valence-electron chi connectivity index (χ3n) is 1.49. The number of hydrogen-bond donors (Lipinski definition) is 1. The molecule has 1 rings (SSSR count). The predicted molar refractivity (Wildman–Crippen MR) is 42.5 cm³/mol. The molecule has 11 heavy (non-hydrogen) atoms. The molecule has 0 aliphatic carbocycles. The molecule has 0 fully saturated rings. The van der Waals surface area contributed by atoms with Gasteiger partial charge in [0, 0.05) is 0 Å². The molecule has 0 aliphatic heterocycles. The van der Waals surface area contributed by atoms with Gasteiger partial charge in [-0.3, -0.25) is 0 Å². The van der Waals surface area contributed by atoms with Crippen LogP contribution in [0.5, 0.6) is 0 Å². The first kappa shape index (κ1) is 7.79. The number of benzene rings is 1. The number of carboxylic acid groups (broad SMARTS) is 1. The summed E-state index contributed by atoms with van der Waals surface area (Å²) < 4.78 is 0. The zero-order valence-electron chi connectivity index (χ0n) is 6.24. The van der Waals surface area contributed by atoms with E-state index >= 15 is 0 Å². The van der Waals surface area contributed by atoms with E-state index in [0.717, 1.165) is 5.56 Å². The summed E-state index contributed by atoms with van der Waals surface area (Å²) in [6.07, 6.45) is 1.92. The predicted octanol–water partition coefficient (Wildman–Crippen LogP) is 1.96. The van der Waals surface area contributed by atoms with Gasteiger partial charge in [-0.2, -0.15) is 0 Å². The summed E-state index contributed by atoms with van der Waals surface area (Å²) in [6, 6.07) is 6.75. The van der Waals surface area contributed by atoms with Crippen molar-refractivity contribution >= 4 is 5.97 Å². The van der Waals surface area contributed by atoms with E-state index in [4.69, 9.17) is 5.11 Å². The minimum absolute atomic E-state index is 0.329. The topological polar surface area (TPSA) is 37.3 Å². The molecular weight excluding hydrogens is 140 g/mol. The summed E-state index contributed by atoms with van der Waals surface area (Å²) >= 11 is 0. The molecule has 1 aromatic carbocycles. The molecule has 0 saturated heterocycles. The third-order valence-corrected chi connectivity index (χ3v) is 1.49. The Labute approximate surface area is 65.5 Å². The molecule has 0 heterocycles. The zero-order chi connectivity index (χ0) is 8.27. The van der Waals surface area contributed by atoms with Crippen molar-refractivity contribution in [3.63, 3.8) is 0 Å². The second-order valence-electron chi connectivity index (χ2n) is 2.22. The minimum Gasteiger partial charge on any atom is -0.478 e. The largest absolute Gasteiger partial charge is 0.478 e. The Hall–Kier alpha value is -1.31. The fourth-order valence-electron chi connectivity index (χ4n) is 0.818. The summed E-state index contributed by atoms with van der Waals surface area (Å²) in [5.74, 6) is -0.882. The van der Waals surface area contributed by atoms with Gasteiger partial charge in [0.15, 0.2) is 0 Å². The molecule has 0 saturated carbocycles. The van der Waals surface area contributed by atoms with Gasteiger partial charge < -0.3 is 5.11 Å². The summed E-state index contributed by atoms with van der Waals surface area (Å²) in [5.41, 5.74) is 1.37. The van der Waals surface area contributed by atoms with Crippen LogP contribution in [-0.2, 0) is 0 Å². The Morgan fingerprint density at radius 3 is 2.27 bits per heavy atom. The van der Waals surface area contributed by atoms with E-state index < -0.39 is 5.97 Å². The average molecular weight is 149 g/mol. The molecule has 0 aliphatic rings. The monoisotopic (exact) mass is 149 g/mol. The summed E-state index contributed by atoms with van der Waals surface area (Å²) in [7, 11) is 0. The second kappa shape index (κ2) is 3.19. The molecule has 0 unspecified atom stereocenters. The molecule has 0 bridgehead atoms. The van der Waals surface area contributed by atoms with Gasteiger partial charge in [0.25, 0.3) is 0 Å². The molecule has 1 N–H and O–H groups in total.